The van der Waals surface area contributed by atoms with Gasteiger partial charge in [-0.1, -0.05) is 12.5 Å². The lowest BCUT2D eigenvalue weighted by Gasteiger charge is -2.30. The summed E-state index contributed by atoms with van der Waals surface area (Å²) >= 11 is 0. The molecule has 1 atom stereocenters. The maximum atomic E-state index is 12.0. The first-order chi connectivity index (χ1) is 7.74. The van der Waals surface area contributed by atoms with Crippen molar-refractivity contribution in [2.24, 2.45) is 0 Å². The quantitative estimate of drug-likeness (QED) is 0.523. The predicted octanol–water partition coefficient (Wildman–Crippen LogP) is 0.786. The standard InChI is InChI=1S/C12H18N2O2/c1-2-6-14-11(15)9-10(12(14)16)13-7-4-3-5-8-13/h2,10H,1,3-9H2/t10-/m1/s1. The number of carbonyl (C=O) groups excluding carboxylic acids is 2. The lowest BCUT2D eigenvalue weighted by atomic mass is 10.1. The topological polar surface area (TPSA) is 40.6 Å². The van der Waals surface area contributed by atoms with E-state index in [1.165, 1.54) is 11.3 Å². The number of carbonyl (C=O) groups is 2. The summed E-state index contributed by atoms with van der Waals surface area (Å²) in [4.78, 5) is 27.2. The number of amides is 2. The van der Waals surface area contributed by atoms with Crippen LogP contribution in [-0.2, 0) is 9.59 Å². The van der Waals surface area contributed by atoms with E-state index >= 15 is 0 Å². The SMILES string of the molecule is C=CCN1C(=O)C[C@@H](N2CCCCC2)C1=O. The van der Waals surface area contributed by atoms with E-state index in [0.717, 1.165) is 25.9 Å². The van der Waals surface area contributed by atoms with Gasteiger partial charge >= 0.3 is 0 Å². The zero-order valence-corrected chi connectivity index (χ0v) is 9.52. The molecule has 2 fully saturated rings. The van der Waals surface area contributed by atoms with Gasteiger partial charge < -0.3 is 0 Å². The second-order valence-electron chi connectivity index (χ2n) is 4.45. The Labute approximate surface area is 95.9 Å². The van der Waals surface area contributed by atoms with Crippen LogP contribution in [-0.4, -0.2) is 47.3 Å². The van der Waals surface area contributed by atoms with Crippen LogP contribution in [0.5, 0.6) is 0 Å². The number of hydrogen-bond acceptors (Lipinski definition) is 3. The molecule has 0 spiro atoms. The van der Waals surface area contributed by atoms with E-state index < -0.39 is 0 Å². The van der Waals surface area contributed by atoms with Crippen LogP contribution in [0.3, 0.4) is 0 Å². The molecular weight excluding hydrogens is 204 g/mol. The van der Waals surface area contributed by atoms with Crippen molar-refractivity contribution in [1.82, 2.24) is 9.80 Å². The van der Waals surface area contributed by atoms with Gasteiger partial charge in [0.05, 0.1) is 12.5 Å². The van der Waals surface area contributed by atoms with Gasteiger partial charge in [0.1, 0.15) is 0 Å². The smallest absolute Gasteiger partial charge is 0.247 e. The van der Waals surface area contributed by atoms with Crippen molar-refractivity contribution in [3.05, 3.63) is 12.7 Å². The first kappa shape index (κ1) is 11.3. The monoisotopic (exact) mass is 222 g/mol. The lowest BCUT2D eigenvalue weighted by Crippen LogP contribution is -2.44. The number of rotatable bonds is 3. The minimum atomic E-state index is -0.201. The third kappa shape index (κ3) is 2.02. The van der Waals surface area contributed by atoms with Gasteiger partial charge in [0, 0.05) is 6.54 Å². The Bertz CT molecular complexity index is 308. The van der Waals surface area contributed by atoms with Crippen molar-refractivity contribution in [3.63, 3.8) is 0 Å². The molecule has 0 saturated carbocycles. The molecule has 2 heterocycles. The van der Waals surface area contributed by atoms with Crippen molar-refractivity contribution in [3.8, 4) is 0 Å². The number of nitrogens with zero attached hydrogens (tertiary/aromatic N) is 2. The molecule has 16 heavy (non-hydrogen) atoms. The van der Waals surface area contributed by atoms with Gasteiger partial charge in [-0.3, -0.25) is 19.4 Å². The minimum absolute atomic E-state index is 0.0354. The summed E-state index contributed by atoms with van der Waals surface area (Å²) in [6.07, 6.45) is 5.47. The van der Waals surface area contributed by atoms with Gasteiger partial charge in [0.25, 0.3) is 0 Å². The Morgan fingerprint density at radius 2 is 1.94 bits per heavy atom. The molecule has 2 saturated heterocycles. The summed E-state index contributed by atoms with van der Waals surface area (Å²) in [5.74, 6) is -0.0905. The van der Waals surface area contributed by atoms with Crippen molar-refractivity contribution in [2.75, 3.05) is 19.6 Å². The van der Waals surface area contributed by atoms with E-state index in [4.69, 9.17) is 0 Å². The molecule has 0 N–H and O–H groups in total. The van der Waals surface area contributed by atoms with Crippen LogP contribution < -0.4 is 0 Å². The third-order valence-corrected chi connectivity index (χ3v) is 3.36. The summed E-state index contributed by atoms with van der Waals surface area (Å²) in [5.41, 5.74) is 0. The fourth-order valence-electron chi connectivity index (χ4n) is 2.50. The van der Waals surface area contributed by atoms with Crippen LogP contribution >= 0.6 is 0 Å². The average Bonchev–Trinajstić information content (AvgIpc) is 2.59. The van der Waals surface area contributed by atoms with Crippen LogP contribution in [0.25, 0.3) is 0 Å². The summed E-state index contributed by atoms with van der Waals surface area (Å²) in [6.45, 7) is 5.82. The molecule has 0 aromatic heterocycles. The van der Waals surface area contributed by atoms with E-state index in [-0.39, 0.29) is 17.9 Å². The molecule has 88 valence electrons. The number of piperidine rings is 1. The fourth-order valence-corrected chi connectivity index (χ4v) is 2.50. The second-order valence-corrected chi connectivity index (χ2v) is 4.45. The Morgan fingerprint density at radius 3 is 2.56 bits per heavy atom. The summed E-state index contributed by atoms with van der Waals surface area (Å²) in [7, 11) is 0. The van der Waals surface area contributed by atoms with Gasteiger partial charge in [-0.15, -0.1) is 6.58 Å². The highest BCUT2D eigenvalue weighted by molar-refractivity contribution is 6.05. The zero-order chi connectivity index (χ0) is 11.5. The predicted molar refractivity (Wildman–Crippen MR) is 60.7 cm³/mol. The van der Waals surface area contributed by atoms with E-state index in [9.17, 15) is 9.59 Å². The first-order valence-corrected chi connectivity index (χ1v) is 5.93. The van der Waals surface area contributed by atoms with Crippen LogP contribution in [0.2, 0.25) is 0 Å². The molecule has 0 unspecified atom stereocenters. The fraction of sp³-hybridized carbons (Fsp3) is 0.667. The van der Waals surface area contributed by atoms with Gasteiger partial charge in [-0.2, -0.15) is 0 Å². The first-order valence-electron chi connectivity index (χ1n) is 5.93. The normalized spacial score (nSPS) is 27.5. The molecule has 2 aliphatic rings. The lowest BCUT2D eigenvalue weighted by molar-refractivity contribution is -0.139. The Balaban J connectivity index is 2.04. The molecule has 2 rings (SSSR count). The summed E-state index contributed by atoms with van der Waals surface area (Å²) in [6, 6.07) is -0.201. The molecule has 4 nitrogen and oxygen atoms in total. The summed E-state index contributed by atoms with van der Waals surface area (Å²) in [5, 5.41) is 0. The van der Waals surface area contributed by atoms with E-state index in [0.29, 0.717) is 13.0 Å². The highest BCUT2D eigenvalue weighted by Crippen LogP contribution is 2.22. The van der Waals surface area contributed by atoms with Crippen LogP contribution in [0.1, 0.15) is 25.7 Å². The van der Waals surface area contributed by atoms with Crippen LogP contribution in [0, 0.1) is 0 Å². The Kier molecular flexibility index (Phi) is 3.39. The van der Waals surface area contributed by atoms with Crippen molar-refractivity contribution >= 4 is 11.8 Å². The van der Waals surface area contributed by atoms with Gasteiger partial charge in [-0.05, 0) is 25.9 Å². The molecule has 4 heteroatoms. The molecule has 2 aliphatic heterocycles. The molecule has 0 bridgehead atoms. The van der Waals surface area contributed by atoms with Crippen molar-refractivity contribution in [2.45, 2.75) is 31.7 Å². The Morgan fingerprint density at radius 1 is 1.25 bits per heavy atom. The van der Waals surface area contributed by atoms with Gasteiger partial charge in [-0.25, -0.2) is 0 Å². The van der Waals surface area contributed by atoms with Crippen molar-refractivity contribution in [1.29, 1.82) is 0 Å². The van der Waals surface area contributed by atoms with Crippen LogP contribution in [0.4, 0.5) is 0 Å². The highest BCUT2D eigenvalue weighted by Gasteiger charge is 2.41. The van der Waals surface area contributed by atoms with Crippen molar-refractivity contribution < 1.29 is 9.59 Å². The molecule has 2 amide bonds. The molecule has 0 aliphatic carbocycles. The molecule has 0 aromatic carbocycles. The third-order valence-electron chi connectivity index (χ3n) is 3.36. The van der Waals surface area contributed by atoms with Gasteiger partial charge in [0.15, 0.2) is 0 Å². The minimum Gasteiger partial charge on any atom is -0.292 e. The Hall–Kier alpha value is -1.16. The largest absolute Gasteiger partial charge is 0.292 e. The molecular formula is C12H18N2O2. The van der Waals surface area contributed by atoms with E-state index in [2.05, 4.69) is 11.5 Å². The van der Waals surface area contributed by atoms with Crippen LogP contribution in [0.15, 0.2) is 12.7 Å². The van der Waals surface area contributed by atoms with E-state index in [1.807, 2.05) is 0 Å². The van der Waals surface area contributed by atoms with Gasteiger partial charge in [0.2, 0.25) is 11.8 Å². The molecule has 0 aromatic rings. The maximum absolute atomic E-state index is 12.0. The average molecular weight is 222 g/mol. The maximum Gasteiger partial charge on any atom is 0.247 e. The zero-order valence-electron chi connectivity index (χ0n) is 9.52. The number of imide groups is 1. The number of hydrogen-bond donors (Lipinski definition) is 0. The van der Waals surface area contributed by atoms with E-state index in [1.54, 1.807) is 6.08 Å². The second kappa shape index (κ2) is 4.78. The summed E-state index contributed by atoms with van der Waals surface area (Å²) < 4.78 is 0. The number of likely N-dealkylation sites (tertiary alicyclic amines) is 2. The highest BCUT2D eigenvalue weighted by atomic mass is 16.2. The molecule has 0 radical (unpaired) electrons.